The van der Waals surface area contributed by atoms with E-state index in [2.05, 4.69) is 11.9 Å². The van der Waals surface area contributed by atoms with Gasteiger partial charge in [0.2, 0.25) is 0 Å². The van der Waals surface area contributed by atoms with Crippen molar-refractivity contribution in [2.24, 2.45) is 11.7 Å². The first kappa shape index (κ1) is 17.7. The van der Waals surface area contributed by atoms with Crippen molar-refractivity contribution in [3.8, 4) is 0 Å². The first-order valence-corrected chi connectivity index (χ1v) is 8.64. The van der Waals surface area contributed by atoms with Crippen LogP contribution in [0.15, 0.2) is 0 Å². The van der Waals surface area contributed by atoms with Crippen LogP contribution in [0.1, 0.15) is 72.1 Å². The fourth-order valence-electron chi connectivity index (χ4n) is 3.62. The normalized spacial score (nSPS) is 17.3. The van der Waals surface area contributed by atoms with Crippen LogP contribution in [0, 0.1) is 12.8 Å². The van der Waals surface area contributed by atoms with Gasteiger partial charge in [-0.3, -0.25) is 9.59 Å². The Morgan fingerprint density at radius 2 is 1.96 bits per heavy atom. The quantitative estimate of drug-likeness (QED) is 0.819. The lowest BCUT2D eigenvalue weighted by atomic mass is 9.90. The van der Waals surface area contributed by atoms with Crippen molar-refractivity contribution in [1.29, 1.82) is 0 Å². The Morgan fingerprint density at radius 1 is 1.35 bits per heavy atom. The molecule has 0 radical (unpaired) electrons. The first-order chi connectivity index (χ1) is 10.9. The molecule has 1 unspecified atom stereocenters. The number of piperidine rings is 1. The van der Waals surface area contributed by atoms with Crippen molar-refractivity contribution >= 4 is 11.7 Å². The molecule has 1 aliphatic heterocycles. The number of ketones is 1. The van der Waals surface area contributed by atoms with Crippen LogP contribution in [0.25, 0.3) is 0 Å². The number of nitrogens with one attached hydrogen (secondary N) is 1. The molecular weight excluding hydrogens is 290 g/mol. The van der Waals surface area contributed by atoms with Crippen molar-refractivity contribution in [2.75, 3.05) is 13.1 Å². The number of Topliss-reactive ketones (excluding diaryl/α,β-unsaturated/α-hetero) is 1. The third-order valence-corrected chi connectivity index (χ3v) is 4.93. The number of rotatable bonds is 5. The highest BCUT2D eigenvalue weighted by atomic mass is 16.2. The van der Waals surface area contributed by atoms with Gasteiger partial charge in [0.05, 0.1) is 0 Å². The second-order valence-electron chi connectivity index (χ2n) is 6.77. The number of hydrogen-bond acceptors (Lipinski definition) is 3. The number of carbonyl (C=O) groups is 2. The van der Waals surface area contributed by atoms with Gasteiger partial charge in [0.25, 0.3) is 5.91 Å². The van der Waals surface area contributed by atoms with E-state index in [-0.39, 0.29) is 17.7 Å². The van der Waals surface area contributed by atoms with E-state index < -0.39 is 0 Å². The van der Waals surface area contributed by atoms with Gasteiger partial charge in [-0.25, -0.2) is 0 Å². The van der Waals surface area contributed by atoms with Gasteiger partial charge in [-0.2, -0.15) is 0 Å². The number of nitrogens with zero attached hydrogens (tertiary/aromatic N) is 1. The highest BCUT2D eigenvalue weighted by Gasteiger charge is 2.29. The SMILES string of the molecule is CCCc1c(C(=O)N2CCC(C(C)N)CC2)[nH]c(C)c1C(C)=O. The van der Waals surface area contributed by atoms with Gasteiger partial charge in [-0.1, -0.05) is 13.3 Å². The van der Waals surface area contributed by atoms with Crippen LogP contribution in [0.5, 0.6) is 0 Å². The van der Waals surface area contributed by atoms with E-state index >= 15 is 0 Å². The topological polar surface area (TPSA) is 79.2 Å². The van der Waals surface area contributed by atoms with E-state index in [1.165, 1.54) is 0 Å². The number of H-pyrrole nitrogens is 1. The van der Waals surface area contributed by atoms with Crippen LogP contribution >= 0.6 is 0 Å². The molecule has 1 aromatic heterocycles. The van der Waals surface area contributed by atoms with Gasteiger partial charge in [0, 0.05) is 30.4 Å². The number of carbonyl (C=O) groups excluding carboxylic acids is 2. The minimum Gasteiger partial charge on any atom is -0.354 e. The van der Waals surface area contributed by atoms with Crippen LogP contribution < -0.4 is 5.73 Å². The zero-order chi connectivity index (χ0) is 17.1. The second kappa shape index (κ2) is 7.30. The summed E-state index contributed by atoms with van der Waals surface area (Å²) in [6.45, 7) is 9.02. The summed E-state index contributed by atoms with van der Waals surface area (Å²) in [6, 6.07) is 0.181. The second-order valence-corrected chi connectivity index (χ2v) is 6.77. The standard InChI is InChI=1S/C18H29N3O2/c1-5-6-15-16(13(4)22)12(3)20-17(15)18(23)21-9-7-14(8-10-21)11(2)19/h11,14,20H,5-10,19H2,1-4H3. The Kier molecular flexibility index (Phi) is 5.63. The number of aromatic nitrogens is 1. The summed E-state index contributed by atoms with van der Waals surface area (Å²) in [5, 5.41) is 0. The summed E-state index contributed by atoms with van der Waals surface area (Å²) in [7, 11) is 0. The summed E-state index contributed by atoms with van der Waals surface area (Å²) >= 11 is 0. The Balaban J connectivity index is 2.23. The van der Waals surface area contributed by atoms with Crippen molar-refractivity contribution in [3.05, 3.63) is 22.5 Å². The molecule has 23 heavy (non-hydrogen) atoms. The molecule has 2 rings (SSSR count). The Morgan fingerprint density at radius 3 is 2.43 bits per heavy atom. The summed E-state index contributed by atoms with van der Waals surface area (Å²) in [6.07, 6.45) is 3.55. The molecule has 3 N–H and O–H groups in total. The number of aromatic amines is 1. The van der Waals surface area contributed by atoms with Crippen molar-refractivity contribution in [1.82, 2.24) is 9.88 Å². The first-order valence-electron chi connectivity index (χ1n) is 8.64. The number of amides is 1. The Hall–Kier alpha value is -1.62. The minimum absolute atomic E-state index is 0.0205. The van der Waals surface area contributed by atoms with Gasteiger partial charge >= 0.3 is 0 Å². The molecule has 0 saturated carbocycles. The monoisotopic (exact) mass is 319 g/mol. The Bertz CT molecular complexity index is 581. The molecule has 2 heterocycles. The molecular formula is C18H29N3O2. The van der Waals surface area contributed by atoms with Crippen LogP contribution in [-0.4, -0.2) is 40.7 Å². The molecule has 1 saturated heterocycles. The van der Waals surface area contributed by atoms with Crippen molar-refractivity contribution in [3.63, 3.8) is 0 Å². The van der Waals surface area contributed by atoms with Gasteiger partial charge in [-0.05, 0) is 51.5 Å². The fourth-order valence-corrected chi connectivity index (χ4v) is 3.62. The third kappa shape index (κ3) is 3.66. The Labute approximate surface area is 138 Å². The lowest BCUT2D eigenvalue weighted by Gasteiger charge is -2.33. The number of aryl methyl sites for hydroxylation is 1. The highest BCUT2D eigenvalue weighted by Crippen LogP contribution is 2.25. The molecule has 5 heteroatoms. The lowest BCUT2D eigenvalue weighted by Crippen LogP contribution is -2.42. The van der Waals surface area contributed by atoms with E-state index in [1.54, 1.807) is 6.92 Å². The van der Waals surface area contributed by atoms with E-state index in [1.807, 2.05) is 18.7 Å². The maximum atomic E-state index is 12.9. The minimum atomic E-state index is 0.0205. The van der Waals surface area contributed by atoms with Crippen LogP contribution in [0.2, 0.25) is 0 Å². The molecule has 1 aliphatic rings. The lowest BCUT2D eigenvalue weighted by molar-refractivity contribution is 0.0674. The summed E-state index contributed by atoms with van der Waals surface area (Å²) in [5.41, 5.74) is 8.96. The maximum absolute atomic E-state index is 12.9. The highest BCUT2D eigenvalue weighted by molar-refractivity contribution is 6.02. The van der Waals surface area contributed by atoms with Crippen LogP contribution in [0.3, 0.4) is 0 Å². The van der Waals surface area contributed by atoms with Gasteiger partial charge in [-0.15, -0.1) is 0 Å². The smallest absolute Gasteiger partial charge is 0.270 e. The molecule has 0 aliphatic carbocycles. The van der Waals surface area contributed by atoms with Crippen molar-refractivity contribution in [2.45, 2.75) is 59.4 Å². The molecule has 1 fully saturated rings. The van der Waals surface area contributed by atoms with Crippen LogP contribution in [-0.2, 0) is 6.42 Å². The van der Waals surface area contributed by atoms with Gasteiger partial charge in [0.1, 0.15) is 5.69 Å². The zero-order valence-corrected chi connectivity index (χ0v) is 14.7. The predicted octanol–water partition coefficient (Wildman–Crippen LogP) is 2.68. The molecule has 0 spiro atoms. The van der Waals surface area contributed by atoms with Gasteiger partial charge in [0.15, 0.2) is 5.78 Å². The third-order valence-electron chi connectivity index (χ3n) is 4.93. The predicted molar refractivity (Wildman–Crippen MR) is 91.8 cm³/mol. The fraction of sp³-hybridized carbons (Fsp3) is 0.667. The summed E-state index contributed by atoms with van der Waals surface area (Å²) < 4.78 is 0. The maximum Gasteiger partial charge on any atom is 0.270 e. The summed E-state index contributed by atoms with van der Waals surface area (Å²) in [4.78, 5) is 29.9. The largest absolute Gasteiger partial charge is 0.354 e. The van der Waals surface area contributed by atoms with E-state index in [0.29, 0.717) is 17.2 Å². The number of hydrogen-bond donors (Lipinski definition) is 2. The van der Waals surface area contributed by atoms with E-state index in [9.17, 15) is 9.59 Å². The van der Waals surface area contributed by atoms with Crippen LogP contribution in [0.4, 0.5) is 0 Å². The number of likely N-dealkylation sites (tertiary alicyclic amines) is 1. The van der Waals surface area contributed by atoms with Crippen molar-refractivity contribution < 1.29 is 9.59 Å². The molecule has 1 amide bonds. The summed E-state index contributed by atoms with van der Waals surface area (Å²) in [5.74, 6) is 0.538. The molecule has 0 bridgehead atoms. The molecule has 0 aromatic carbocycles. The zero-order valence-electron chi connectivity index (χ0n) is 14.7. The number of nitrogens with two attached hydrogens (primary N) is 1. The average Bonchev–Trinajstić information content (AvgIpc) is 2.83. The molecule has 1 atom stereocenters. The molecule has 128 valence electrons. The van der Waals surface area contributed by atoms with Gasteiger partial charge < -0.3 is 15.6 Å². The van der Waals surface area contributed by atoms with E-state index in [4.69, 9.17) is 5.73 Å². The molecule has 5 nitrogen and oxygen atoms in total. The molecule has 1 aromatic rings. The average molecular weight is 319 g/mol. The van der Waals surface area contributed by atoms with E-state index in [0.717, 1.165) is 50.0 Å².